The smallest absolute Gasteiger partial charge is 0.231 e. The van der Waals surface area contributed by atoms with E-state index in [-0.39, 0.29) is 11.8 Å². The molecule has 0 heterocycles. The molecule has 0 saturated heterocycles. The maximum Gasteiger partial charge on any atom is 0.231 e. The van der Waals surface area contributed by atoms with Gasteiger partial charge >= 0.3 is 0 Å². The summed E-state index contributed by atoms with van der Waals surface area (Å²) in [5.74, 6) is 0.232. The third kappa shape index (κ3) is 6.89. The zero-order chi connectivity index (χ0) is 19.2. The standard InChI is InChI=1S/C16H23BrN4O3S/c1-5-14(17)15(24-11(3)10(2)22)21-16(18)20-12-6-8-13(9-7-12)25(4,19)23/h5-11,19,22H,1H2,2-4H3,(H3,18,20,21)/b15-14-/t10-,11-,25?/m1/s1. The van der Waals surface area contributed by atoms with Crippen LogP contribution in [0.15, 0.2) is 57.2 Å². The molecule has 0 aromatic heterocycles. The molecule has 0 amide bonds. The van der Waals surface area contributed by atoms with Crippen molar-refractivity contribution in [1.82, 2.24) is 0 Å². The molecule has 1 rings (SSSR count). The van der Waals surface area contributed by atoms with Crippen molar-refractivity contribution in [2.45, 2.75) is 31.0 Å². The fourth-order valence-electron chi connectivity index (χ4n) is 1.58. The van der Waals surface area contributed by atoms with Crippen LogP contribution in [0.2, 0.25) is 0 Å². The summed E-state index contributed by atoms with van der Waals surface area (Å²) in [6, 6.07) is 6.49. The summed E-state index contributed by atoms with van der Waals surface area (Å²) in [5.41, 5.74) is 6.51. The van der Waals surface area contributed by atoms with Crippen molar-refractivity contribution in [2.75, 3.05) is 11.6 Å². The fourth-order valence-corrected chi connectivity index (χ4v) is 2.42. The molecule has 0 saturated carbocycles. The molecule has 138 valence electrons. The minimum absolute atomic E-state index is 0.0578. The lowest BCUT2D eigenvalue weighted by molar-refractivity contribution is 0.0170. The summed E-state index contributed by atoms with van der Waals surface area (Å²) in [6.07, 6.45) is 1.68. The van der Waals surface area contributed by atoms with Crippen molar-refractivity contribution in [3.8, 4) is 0 Å². The molecule has 3 atom stereocenters. The number of ether oxygens (including phenoxy) is 1. The first-order chi connectivity index (χ1) is 11.5. The van der Waals surface area contributed by atoms with Gasteiger partial charge in [-0.1, -0.05) is 6.58 Å². The van der Waals surface area contributed by atoms with Gasteiger partial charge in [0.15, 0.2) is 0 Å². The zero-order valence-electron chi connectivity index (χ0n) is 14.3. The molecule has 0 fully saturated rings. The number of nitrogens with two attached hydrogens (primary N) is 1. The molecule has 25 heavy (non-hydrogen) atoms. The number of guanidine groups is 1. The van der Waals surface area contributed by atoms with E-state index in [1.807, 2.05) is 0 Å². The second-order valence-corrected chi connectivity index (χ2v) is 8.42. The van der Waals surface area contributed by atoms with Crippen LogP contribution < -0.4 is 11.1 Å². The van der Waals surface area contributed by atoms with E-state index in [1.165, 1.54) is 12.3 Å². The van der Waals surface area contributed by atoms with Crippen LogP contribution in [-0.4, -0.2) is 33.7 Å². The predicted octanol–water partition coefficient (Wildman–Crippen LogP) is 2.98. The number of rotatable bonds is 7. The Bertz CT molecular complexity index is 771. The molecule has 0 aliphatic rings. The minimum atomic E-state index is -2.76. The number of aliphatic imine (C=N–C) groups is 1. The van der Waals surface area contributed by atoms with Gasteiger partial charge in [0.05, 0.1) is 20.3 Å². The van der Waals surface area contributed by atoms with E-state index in [0.29, 0.717) is 15.1 Å². The van der Waals surface area contributed by atoms with Crippen molar-refractivity contribution in [3.05, 3.63) is 47.3 Å². The van der Waals surface area contributed by atoms with E-state index in [9.17, 15) is 9.32 Å². The molecule has 0 bridgehead atoms. The highest BCUT2D eigenvalue weighted by Crippen LogP contribution is 2.19. The molecular formula is C16H23BrN4O3S. The van der Waals surface area contributed by atoms with E-state index < -0.39 is 21.9 Å². The number of halogens is 1. The molecule has 5 N–H and O–H groups in total. The number of hydrogen-bond acceptors (Lipinski definition) is 5. The van der Waals surface area contributed by atoms with Gasteiger partial charge in [0, 0.05) is 16.8 Å². The van der Waals surface area contributed by atoms with Crippen molar-refractivity contribution < 1.29 is 14.1 Å². The average molecular weight is 431 g/mol. The van der Waals surface area contributed by atoms with Crippen LogP contribution in [0.5, 0.6) is 0 Å². The van der Waals surface area contributed by atoms with Gasteiger partial charge in [-0.05, 0) is 60.1 Å². The fraction of sp³-hybridized carbons (Fsp3) is 0.312. The second-order valence-electron chi connectivity index (χ2n) is 5.41. The number of nitrogens with one attached hydrogen (secondary N) is 2. The maximum atomic E-state index is 11.7. The lowest BCUT2D eigenvalue weighted by atomic mass is 10.3. The normalized spacial score (nSPS) is 17.7. The van der Waals surface area contributed by atoms with Crippen molar-refractivity contribution >= 4 is 37.3 Å². The SMILES string of the molecule is C=C/C(Br)=C(\N=C(N)Nc1ccc(S(C)(=N)=O)cc1)O[C@H](C)[C@@H](C)O. The Hall–Kier alpha value is -1.84. The van der Waals surface area contributed by atoms with E-state index in [0.717, 1.165) is 0 Å². The Morgan fingerprint density at radius 2 is 2.04 bits per heavy atom. The molecule has 1 aromatic carbocycles. The van der Waals surface area contributed by atoms with Crippen LogP contribution in [-0.2, 0) is 14.5 Å². The second kappa shape index (κ2) is 9.02. The molecule has 0 radical (unpaired) electrons. The van der Waals surface area contributed by atoms with E-state index in [2.05, 4.69) is 32.8 Å². The van der Waals surface area contributed by atoms with Gasteiger partial charge < -0.3 is 20.9 Å². The van der Waals surface area contributed by atoms with Gasteiger partial charge in [0.2, 0.25) is 11.8 Å². The molecule has 9 heteroatoms. The van der Waals surface area contributed by atoms with Gasteiger partial charge in [-0.25, -0.2) is 8.99 Å². The molecule has 0 aliphatic carbocycles. The molecule has 1 aromatic rings. The first kappa shape index (κ1) is 21.2. The first-order valence-electron chi connectivity index (χ1n) is 7.36. The summed E-state index contributed by atoms with van der Waals surface area (Å²) < 4.78 is 25.3. The molecular weight excluding hydrogens is 408 g/mol. The van der Waals surface area contributed by atoms with Crippen LogP contribution in [0.1, 0.15) is 13.8 Å². The summed E-state index contributed by atoms with van der Waals surface area (Å²) in [5, 5.41) is 12.4. The van der Waals surface area contributed by atoms with Crippen molar-refractivity contribution in [3.63, 3.8) is 0 Å². The molecule has 0 aliphatic heterocycles. The van der Waals surface area contributed by atoms with Crippen LogP contribution >= 0.6 is 15.9 Å². The van der Waals surface area contributed by atoms with Gasteiger partial charge in [-0.3, -0.25) is 0 Å². The number of anilines is 1. The Kier molecular flexibility index (Phi) is 7.65. The Morgan fingerprint density at radius 1 is 1.48 bits per heavy atom. The number of nitrogens with zero attached hydrogens (tertiary/aromatic N) is 1. The summed E-state index contributed by atoms with van der Waals surface area (Å²) in [4.78, 5) is 4.58. The highest BCUT2D eigenvalue weighted by atomic mass is 79.9. The Labute approximate surface area is 156 Å². The van der Waals surface area contributed by atoms with Crippen LogP contribution in [0, 0.1) is 4.78 Å². The monoisotopic (exact) mass is 430 g/mol. The highest BCUT2D eigenvalue weighted by Gasteiger charge is 2.14. The van der Waals surface area contributed by atoms with Gasteiger partial charge in [0.25, 0.3) is 0 Å². The Morgan fingerprint density at radius 3 is 2.48 bits per heavy atom. The first-order valence-corrected chi connectivity index (χ1v) is 10.1. The quantitative estimate of drug-likeness (QED) is 0.229. The lowest BCUT2D eigenvalue weighted by Crippen LogP contribution is -2.25. The number of aliphatic hydroxyl groups excluding tert-OH is 1. The number of allylic oxidation sites excluding steroid dienone is 2. The average Bonchev–Trinajstić information content (AvgIpc) is 2.52. The summed E-state index contributed by atoms with van der Waals surface area (Å²) in [7, 11) is -2.76. The lowest BCUT2D eigenvalue weighted by Gasteiger charge is -2.18. The predicted molar refractivity (Wildman–Crippen MR) is 105 cm³/mol. The number of hydrogen-bond donors (Lipinski definition) is 4. The maximum absolute atomic E-state index is 11.7. The number of benzene rings is 1. The summed E-state index contributed by atoms with van der Waals surface area (Å²) >= 11 is 3.28. The van der Waals surface area contributed by atoms with Crippen LogP contribution in [0.25, 0.3) is 0 Å². The third-order valence-electron chi connectivity index (χ3n) is 3.16. The van der Waals surface area contributed by atoms with Gasteiger partial charge in [-0.15, -0.1) is 0 Å². The van der Waals surface area contributed by atoms with Gasteiger partial charge in [0.1, 0.15) is 6.10 Å². The molecule has 1 unspecified atom stereocenters. The van der Waals surface area contributed by atoms with Crippen molar-refractivity contribution in [1.29, 1.82) is 4.78 Å². The summed E-state index contributed by atoms with van der Waals surface area (Å²) in [6.45, 7) is 6.94. The topological polar surface area (TPSA) is 121 Å². The van der Waals surface area contributed by atoms with Crippen LogP contribution in [0.3, 0.4) is 0 Å². The number of aliphatic hydroxyl groups is 1. The third-order valence-corrected chi connectivity index (χ3v) is 4.99. The van der Waals surface area contributed by atoms with Gasteiger partial charge in [-0.2, -0.15) is 4.99 Å². The Balaban J connectivity index is 2.98. The largest absolute Gasteiger partial charge is 0.471 e. The van der Waals surface area contributed by atoms with E-state index in [1.54, 1.807) is 38.1 Å². The minimum Gasteiger partial charge on any atom is -0.471 e. The van der Waals surface area contributed by atoms with Crippen molar-refractivity contribution in [2.24, 2.45) is 10.7 Å². The van der Waals surface area contributed by atoms with E-state index in [4.69, 9.17) is 15.3 Å². The molecule has 0 spiro atoms. The zero-order valence-corrected chi connectivity index (χ0v) is 16.7. The highest BCUT2D eigenvalue weighted by molar-refractivity contribution is 9.11. The van der Waals surface area contributed by atoms with E-state index >= 15 is 0 Å². The molecule has 7 nitrogen and oxygen atoms in total. The van der Waals surface area contributed by atoms with Crippen LogP contribution in [0.4, 0.5) is 5.69 Å².